The van der Waals surface area contributed by atoms with Gasteiger partial charge in [-0.05, 0) is 82.6 Å². The molecule has 2 aromatic carbocycles. The van der Waals surface area contributed by atoms with E-state index in [1.807, 2.05) is 30.9 Å². The Hall–Kier alpha value is -4.15. The van der Waals surface area contributed by atoms with Crippen LogP contribution in [-0.2, 0) is 4.79 Å². The maximum atomic E-state index is 12.6. The van der Waals surface area contributed by atoms with Crippen molar-refractivity contribution in [3.63, 3.8) is 0 Å². The molecule has 44 heavy (non-hydrogen) atoms. The van der Waals surface area contributed by atoms with E-state index < -0.39 is 0 Å². The lowest BCUT2D eigenvalue weighted by Gasteiger charge is -2.44. The number of ether oxygens (including phenoxy) is 1. The van der Waals surface area contributed by atoms with Gasteiger partial charge in [0, 0.05) is 47.6 Å². The first-order valence-electron chi connectivity index (χ1n) is 15.1. The molecule has 1 N–H and O–H groups in total. The van der Waals surface area contributed by atoms with Gasteiger partial charge in [-0.3, -0.25) is 9.89 Å². The maximum absolute atomic E-state index is 12.6. The van der Waals surface area contributed by atoms with Crippen LogP contribution in [0, 0.1) is 6.92 Å². The average molecular weight is 614 g/mol. The molecule has 1 amide bonds. The number of benzene rings is 2. The fraction of sp³-hybridized carbons (Fsp3) is 0.394. The molecule has 2 saturated heterocycles. The van der Waals surface area contributed by atoms with Crippen LogP contribution in [0.5, 0.6) is 6.01 Å². The van der Waals surface area contributed by atoms with Crippen molar-refractivity contribution in [2.75, 3.05) is 38.2 Å². The van der Waals surface area contributed by atoms with Crippen molar-refractivity contribution >= 4 is 56.1 Å². The van der Waals surface area contributed by atoms with Crippen LogP contribution >= 0.6 is 11.6 Å². The molecule has 2 aliphatic rings. The Labute approximate surface area is 260 Å². The number of piperazine rings is 1. The van der Waals surface area contributed by atoms with Crippen molar-refractivity contribution in [3.05, 3.63) is 53.9 Å². The third-order valence-electron chi connectivity index (χ3n) is 9.29. The van der Waals surface area contributed by atoms with Crippen molar-refractivity contribution in [2.45, 2.75) is 51.7 Å². The molecule has 10 nitrogen and oxygen atoms in total. The lowest BCUT2D eigenvalue weighted by molar-refractivity contribution is -0.128. The highest BCUT2D eigenvalue weighted by Gasteiger charge is 2.34. The molecule has 5 heterocycles. The molecule has 11 heteroatoms. The zero-order valence-electron chi connectivity index (χ0n) is 25.4. The summed E-state index contributed by atoms with van der Waals surface area (Å²) in [6.07, 6.45) is 7.11. The van der Waals surface area contributed by atoms with Crippen molar-refractivity contribution < 1.29 is 13.9 Å². The number of nitrogens with one attached hydrogen (secondary N) is 1. The molecule has 228 valence electrons. The van der Waals surface area contributed by atoms with Gasteiger partial charge in [0.05, 0.1) is 33.9 Å². The van der Waals surface area contributed by atoms with Gasteiger partial charge in [-0.2, -0.15) is 15.1 Å². The van der Waals surface area contributed by atoms with E-state index in [0.29, 0.717) is 47.9 Å². The van der Waals surface area contributed by atoms with Crippen LogP contribution in [0.2, 0.25) is 5.02 Å². The van der Waals surface area contributed by atoms with Crippen molar-refractivity contribution in [2.24, 2.45) is 0 Å². The number of halogens is 1. The summed E-state index contributed by atoms with van der Waals surface area (Å²) in [5, 5.41) is 10.7. The fourth-order valence-corrected chi connectivity index (χ4v) is 7.10. The number of aromatic nitrogens is 4. The Kier molecular flexibility index (Phi) is 7.21. The molecule has 0 radical (unpaired) electrons. The van der Waals surface area contributed by atoms with Crippen LogP contribution in [0.25, 0.3) is 43.9 Å². The van der Waals surface area contributed by atoms with E-state index in [4.69, 9.17) is 30.7 Å². The van der Waals surface area contributed by atoms with Gasteiger partial charge in [-0.25, -0.2) is 0 Å². The fourth-order valence-electron chi connectivity index (χ4n) is 6.85. The molecule has 2 fully saturated rings. The van der Waals surface area contributed by atoms with Gasteiger partial charge in [0.1, 0.15) is 18.0 Å². The highest BCUT2D eigenvalue weighted by atomic mass is 35.5. The van der Waals surface area contributed by atoms with Crippen LogP contribution < -0.4 is 9.64 Å². The highest BCUT2D eigenvalue weighted by Crippen LogP contribution is 2.45. The Morgan fingerprint density at radius 3 is 2.84 bits per heavy atom. The monoisotopic (exact) mass is 613 g/mol. The molecule has 0 bridgehead atoms. The van der Waals surface area contributed by atoms with Gasteiger partial charge in [0.25, 0.3) is 0 Å². The van der Waals surface area contributed by atoms with E-state index in [9.17, 15) is 4.79 Å². The number of likely N-dealkylation sites (N-methyl/N-ethyl adjacent to an activating group) is 1. The zero-order chi connectivity index (χ0) is 30.7. The first-order valence-corrected chi connectivity index (χ1v) is 15.5. The van der Waals surface area contributed by atoms with Crippen molar-refractivity contribution in [1.82, 2.24) is 30.0 Å². The van der Waals surface area contributed by atoms with E-state index in [-0.39, 0.29) is 18.0 Å². The van der Waals surface area contributed by atoms with Gasteiger partial charge in [0.15, 0.2) is 0 Å². The van der Waals surface area contributed by atoms with Crippen molar-refractivity contribution in [1.29, 1.82) is 0 Å². The average Bonchev–Trinajstić information content (AvgIpc) is 3.78. The number of carbonyl (C=O) groups is 1. The number of anilines is 1. The number of furan rings is 1. The lowest BCUT2D eigenvalue weighted by atomic mass is 9.95. The molecule has 0 spiro atoms. The quantitative estimate of drug-likeness (QED) is 0.234. The summed E-state index contributed by atoms with van der Waals surface area (Å²) in [5.74, 6) is 0.657. The Morgan fingerprint density at radius 2 is 2.07 bits per heavy atom. The predicted molar refractivity (Wildman–Crippen MR) is 173 cm³/mol. The number of hydrogen-bond donors (Lipinski definition) is 1. The minimum atomic E-state index is -0.0695. The molecular weight excluding hydrogens is 578 g/mol. The summed E-state index contributed by atoms with van der Waals surface area (Å²) >= 11 is 7.01. The minimum Gasteiger partial charge on any atom is -0.463 e. The Morgan fingerprint density at radius 1 is 1.23 bits per heavy atom. The minimum absolute atomic E-state index is 0.0246. The van der Waals surface area contributed by atoms with Gasteiger partial charge in [0.2, 0.25) is 5.91 Å². The molecule has 3 atom stereocenters. The molecular formula is C33H36ClN7O3. The number of likely N-dealkylation sites (tertiary alicyclic amines) is 1. The molecule has 1 unspecified atom stereocenters. The normalized spacial score (nSPS) is 21.2. The van der Waals surface area contributed by atoms with Crippen LogP contribution in [0.1, 0.15) is 32.3 Å². The van der Waals surface area contributed by atoms with E-state index in [2.05, 4.69) is 46.6 Å². The standard InChI is InChI=1S/C33H36ClN7O3/c1-6-27(42)40-15-20(4)41(16-19(40)3)32-29-26(36-33(37-32)44-17-21-8-7-10-39(21)5)13-23(22-9-11-43-31(22)29)28-24-14-35-38-25(24)12-18(2)30(28)34/h6,9,11-14,19-21H,1,7-8,10,15-17H2,2-5H3,(H,35,38)/t19-,20+,21?/m1/s1. The first-order chi connectivity index (χ1) is 21.2. The van der Waals surface area contributed by atoms with Crippen LogP contribution in [0.3, 0.4) is 0 Å². The Balaban J connectivity index is 1.43. The first kappa shape index (κ1) is 28.6. The van der Waals surface area contributed by atoms with E-state index in [1.165, 1.54) is 6.08 Å². The van der Waals surface area contributed by atoms with Crippen molar-refractivity contribution in [3.8, 4) is 17.1 Å². The summed E-state index contributed by atoms with van der Waals surface area (Å²) in [4.78, 5) is 29.1. The zero-order valence-corrected chi connectivity index (χ0v) is 26.2. The third kappa shape index (κ3) is 4.68. The number of nitrogens with zero attached hydrogens (tertiary/aromatic N) is 6. The largest absolute Gasteiger partial charge is 0.463 e. The second-order valence-corrected chi connectivity index (χ2v) is 12.5. The lowest BCUT2D eigenvalue weighted by Crippen LogP contribution is -2.58. The second kappa shape index (κ2) is 11.1. The number of amides is 1. The summed E-state index contributed by atoms with van der Waals surface area (Å²) < 4.78 is 12.6. The van der Waals surface area contributed by atoms with Gasteiger partial charge >= 0.3 is 6.01 Å². The SMILES string of the molecule is C=CC(=O)N1C[C@H](C)N(c2nc(OCC3CCCN3C)nc3cc(-c4c(Cl)c(C)cc5[nH]ncc45)c4ccoc4c23)C[C@H]1C. The third-order valence-corrected chi connectivity index (χ3v) is 9.77. The number of fused-ring (bicyclic) bond motifs is 4. The molecule has 3 aromatic heterocycles. The topological polar surface area (TPSA) is 104 Å². The molecule has 2 aliphatic heterocycles. The summed E-state index contributed by atoms with van der Waals surface area (Å²) in [7, 11) is 2.13. The second-order valence-electron chi connectivity index (χ2n) is 12.2. The number of aryl methyl sites for hydroxylation is 1. The van der Waals surface area contributed by atoms with E-state index in [1.54, 1.807) is 12.5 Å². The van der Waals surface area contributed by atoms with Crippen LogP contribution in [-0.4, -0.2) is 87.3 Å². The maximum Gasteiger partial charge on any atom is 0.319 e. The van der Waals surface area contributed by atoms with Gasteiger partial charge < -0.3 is 23.9 Å². The summed E-state index contributed by atoms with van der Waals surface area (Å²) in [6, 6.07) is 6.59. The highest BCUT2D eigenvalue weighted by molar-refractivity contribution is 6.36. The van der Waals surface area contributed by atoms with E-state index in [0.717, 1.165) is 63.6 Å². The Bertz CT molecular complexity index is 1920. The predicted octanol–water partition coefficient (Wildman–Crippen LogP) is 5.97. The smallest absolute Gasteiger partial charge is 0.319 e. The van der Waals surface area contributed by atoms with Crippen LogP contribution in [0.4, 0.5) is 5.82 Å². The molecule has 5 aromatic rings. The number of carbonyl (C=O) groups excluding carboxylic acids is 1. The molecule has 0 aliphatic carbocycles. The number of rotatable bonds is 6. The number of H-pyrrole nitrogens is 1. The molecule has 7 rings (SSSR count). The van der Waals surface area contributed by atoms with Gasteiger partial charge in [-0.15, -0.1) is 0 Å². The summed E-state index contributed by atoms with van der Waals surface area (Å²) in [6.45, 7) is 12.5. The van der Waals surface area contributed by atoms with E-state index >= 15 is 0 Å². The summed E-state index contributed by atoms with van der Waals surface area (Å²) in [5.41, 5.74) is 4.99. The van der Waals surface area contributed by atoms with Gasteiger partial charge in [-0.1, -0.05) is 18.2 Å². The molecule has 0 saturated carbocycles. The number of aromatic amines is 1. The number of hydrogen-bond acceptors (Lipinski definition) is 8. The van der Waals surface area contributed by atoms with Crippen LogP contribution in [0.15, 0.2) is 47.7 Å².